The van der Waals surface area contributed by atoms with E-state index in [4.69, 9.17) is 0 Å². The Morgan fingerprint density at radius 2 is 1.66 bits per heavy atom. The number of hydrogen-bond acceptors (Lipinski definition) is 3. The molecule has 0 aliphatic heterocycles. The van der Waals surface area contributed by atoms with Crippen LogP contribution >= 0.6 is 11.3 Å². The molecule has 5 aromatic rings. The van der Waals surface area contributed by atoms with Crippen LogP contribution in [-0.4, -0.2) is 15.5 Å². The highest BCUT2D eigenvalue weighted by Gasteiger charge is 2.23. The molecule has 0 saturated heterocycles. The molecule has 3 aromatic carbocycles. The summed E-state index contributed by atoms with van der Waals surface area (Å²) in [6, 6.07) is 24.6. The Morgan fingerprint density at radius 1 is 0.931 bits per heavy atom. The highest BCUT2D eigenvalue weighted by molar-refractivity contribution is 7.21. The predicted molar refractivity (Wildman–Crippen MR) is 120 cm³/mol. The van der Waals surface area contributed by atoms with Gasteiger partial charge in [-0.1, -0.05) is 60.2 Å². The fraction of sp³-hybridized carbons (Fsp3) is 0.120. The highest BCUT2D eigenvalue weighted by atomic mass is 32.1. The molecule has 0 amide bonds. The largest absolute Gasteiger partial charge is 0.274 e. The molecule has 0 saturated carbocycles. The minimum Gasteiger partial charge on any atom is -0.267 e. The maximum atomic E-state index is 13.7. The van der Waals surface area contributed by atoms with Crippen molar-refractivity contribution in [2.24, 2.45) is 0 Å². The van der Waals surface area contributed by atoms with E-state index in [1.807, 2.05) is 43.3 Å². The van der Waals surface area contributed by atoms with Gasteiger partial charge in [0.05, 0.1) is 15.9 Å². The molecule has 5 rings (SSSR count). The fourth-order valence-corrected chi connectivity index (χ4v) is 5.01. The third kappa shape index (κ3) is 3.06. The van der Waals surface area contributed by atoms with E-state index in [-0.39, 0.29) is 5.91 Å². The van der Waals surface area contributed by atoms with Gasteiger partial charge >= 0.3 is 0 Å². The molecule has 4 heteroatoms. The minimum atomic E-state index is -0.000452. The van der Waals surface area contributed by atoms with Crippen LogP contribution in [0.5, 0.6) is 0 Å². The van der Waals surface area contributed by atoms with Crippen molar-refractivity contribution in [1.82, 2.24) is 9.55 Å². The van der Waals surface area contributed by atoms with E-state index >= 15 is 0 Å². The molecule has 0 unspecified atom stereocenters. The second-order valence-electron chi connectivity index (χ2n) is 7.36. The van der Waals surface area contributed by atoms with Gasteiger partial charge in [-0.3, -0.25) is 9.36 Å². The van der Waals surface area contributed by atoms with Crippen LogP contribution in [0.4, 0.5) is 0 Å². The van der Waals surface area contributed by atoms with E-state index < -0.39 is 0 Å². The van der Waals surface area contributed by atoms with Gasteiger partial charge in [0.25, 0.3) is 5.91 Å². The average molecular weight is 397 g/mol. The fourth-order valence-electron chi connectivity index (χ4n) is 3.86. The standard InChI is InChI=1S/C25H20N2OS/c1-16-11-13-18(14-12-16)15-20-19-7-3-6-10-23(19)29-24(20)25(28)27-17(2)26-21-8-4-5-9-22(21)27/h3-14H,15H2,1-2H3. The molecule has 2 heterocycles. The number of imidazole rings is 1. The average Bonchev–Trinajstić information content (AvgIpc) is 3.26. The molecule has 0 spiro atoms. The van der Waals surface area contributed by atoms with Gasteiger partial charge in [0, 0.05) is 4.70 Å². The lowest BCUT2D eigenvalue weighted by atomic mass is 10.0. The molecule has 0 aliphatic rings. The van der Waals surface area contributed by atoms with Crippen molar-refractivity contribution in [1.29, 1.82) is 0 Å². The molecule has 0 atom stereocenters. The summed E-state index contributed by atoms with van der Waals surface area (Å²) < 4.78 is 2.89. The number of para-hydroxylation sites is 2. The third-order valence-corrected chi connectivity index (χ3v) is 6.53. The minimum absolute atomic E-state index is 0.000452. The molecule has 2 aromatic heterocycles. The van der Waals surface area contributed by atoms with Gasteiger partial charge in [-0.15, -0.1) is 11.3 Å². The van der Waals surface area contributed by atoms with E-state index in [9.17, 15) is 4.79 Å². The molecule has 0 aliphatic carbocycles. The Morgan fingerprint density at radius 3 is 2.48 bits per heavy atom. The topological polar surface area (TPSA) is 34.9 Å². The van der Waals surface area contributed by atoms with Gasteiger partial charge in [0.2, 0.25) is 0 Å². The van der Waals surface area contributed by atoms with Gasteiger partial charge in [-0.25, -0.2) is 4.98 Å². The number of benzene rings is 3. The van der Waals surface area contributed by atoms with Crippen LogP contribution in [0.3, 0.4) is 0 Å². The zero-order chi connectivity index (χ0) is 20.0. The number of hydrogen-bond donors (Lipinski definition) is 0. The van der Waals surface area contributed by atoms with Crippen molar-refractivity contribution in [2.75, 3.05) is 0 Å². The zero-order valence-electron chi connectivity index (χ0n) is 16.3. The molecule has 142 valence electrons. The highest BCUT2D eigenvalue weighted by Crippen LogP contribution is 2.34. The lowest BCUT2D eigenvalue weighted by molar-refractivity contribution is 0.0965. The second-order valence-corrected chi connectivity index (χ2v) is 8.41. The van der Waals surface area contributed by atoms with Crippen LogP contribution in [0.25, 0.3) is 21.1 Å². The number of nitrogens with zero attached hydrogens (tertiary/aromatic N) is 2. The van der Waals surface area contributed by atoms with Gasteiger partial charge in [-0.2, -0.15) is 0 Å². The molecule has 0 radical (unpaired) electrons. The first-order valence-corrected chi connectivity index (χ1v) is 10.5. The Balaban J connectivity index is 1.69. The van der Waals surface area contributed by atoms with E-state index in [2.05, 4.69) is 48.3 Å². The van der Waals surface area contributed by atoms with Crippen molar-refractivity contribution in [2.45, 2.75) is 20.3 Å². The number of thiophene rings is 1. The van der Waals surface area contributed by atoms with Crippen LogP contribution in [0.1, 0.15) is 32.2 Å². The van der Waals surface area contributed by atoms with Gasteiger partial charge < -0.3 is 0 Å². The van der Waals surface area contributed by atoms with Gasteiger partial charge in [0.15, 0.2) is 0 Å². The molecular formula is C25H20N2OS. The monoisotopic (exact) mass is 396 g/mol. The van der Waals surface area contributed by atoms with Crippen LogP contribution in [0.2, 0.25) is 0 Å². The second kappa shape index (κ2) is 6.98. The number of fused-ring (bicyclic) bond motifs is 2. The van der Waals surface area contributed by atoms with Crippen molar-refractivity contribution in [3.63, 3.8) is 0 Å². The molecule has 0 bridgehead atoms. The maximum absolute atomic E-state index is 13.7. The number of carbonyl (C=O) groups excluding carboxylic acids is 1. The van der Waals surface area contributed by atoms with E-state index in [0.717, 1.165) is 43.8 Å². The van der Waals surface area contributed by atoms with Crippen molar-refractivity contribution >= 4 is 38.4 Å². The number of carbonyl (C=O) groups is 1. The van der Waals surface area contributed by atoms with Gasteiger partial charge in [-0.05, 0) is 55.0 Å². The molecule has 0 N–H and O–H groups in total. The quantitative estimate of drug-likeness (QED) is 0.367. The molecule has 29 heavy (non-hydrogen) atoms. The first-order valence-electron chi connectivity index (χ1n) is 9.66. The van der Waals surface area contributed by atoms with Crippen molar-refractivity contribution in [3.05, 3.63) is 100 Å². The molecular weight excluding hydrogens is 376 g/mol. The molecule has 3 nitrogen and oxygen atoms in total. The van der Waals surface area contributed by atoms with Crippen LogP contribution in [-0.2, 0) is 6.42 Å². The lowest BCUT2D eigenvalue weighted by Gasteiger charge is -2.08. The Hall–Kier alpha value is -3.24. The summed E-state index contributed by atoms with van der Waals surface area (Å²) in [6.07, 6.45) is 0.733. The van der Waals surface area contributed by atoms with Crippen LogP contribution < -0.4 is 0 Å². The lowest BCUT2D eigenvalue weighted by Crippen LogP contribution is -2.14. The smallest absolute Gasteiger partial charge is 0.267 e. The summed E-state index contributed by atoms with van der Waals surface area (Å²) in [6.45, 7) is 3.98. The van der Waals surface area contributed by atoms with Gasteiger partial charge in [0.1, 0.15) is 5.82 Å². The Labute approximate surface area is 173 Å². The summed E-state index contributed by atoms with van der Waals surface area (Å²) >= 11 is 1.57. The number of aromatic nitrogens is 2. The number of rotatable bonds is 3. The zero-order valence-corrected chi connectivity index (χ0v) is 17.2. The summed E-state index contributed by atoms with van der Waals surface area (Å²) in [5.74, 6) is 0.717. The van der Waals surface area contributed by atoms with Crippen molar-refractivity contribution in [3.8, 4) is 0 Å². The molecule has 0 fully saturated rings. The van der Waals surface area contributed by atoms with Crippen molar-refractivity contribution < 1.29 is 4.79 Å². The summed E-state index contributed by atoms with van der Waals surface area (Å²) in [7, 11) is 0. The van der Waals surface area contributed by atoms with E-state index in [1.54, 1.807) is 15.9 Å². The normalized spacial score (nSPS) is 11.4. The third-order valence-electron chi connectivity index (χ3n) is 5.33. The SMILES string of the molecule is Cc1ccc(Cc2c(C(=O)n3c(C)nc4ccccc43)sc3ccccc23)cc1. The predicted octanol–water partition coefficient (Wildman–Crippen LogP) is 6.15. The van der Waals surface area contributed by atoms with Crippen LogP contribution in [0, 0.1) is 13.8 Å². The van der Waals surface area contributed by atoms with E-state index in [0.29, 0.717) is 0 Å². The first kappa shape index (κ1) is 17.8. The summed E-state index contributed by atoms with van der Waals surface area (Å²) in [5, 5.41) is 1.16. The Kier molecular flexibility index (Phi) is 4.29. The van der Waals surface area contributed by atoms with Crippen LogP contribution in [0.15, 0.2) is 72.8 Å². The number of aryl methyl sites for hydroxylation is 2. The summed E-state index contributed by atoms with van der Waals surface area (Å²) in [5.41, 5.74) is 5.24. The summed E-state index contributed by atoms with van der Waals surface area (Å²) in [4.78, 5) is 19.1. The Bertz CT molecular complexity index is 1360. The first-order chi connectivity index (χ1) is 14.1. The van der Waals surface area contributed by atoms with E-state index in [1.165, 1.54) is 11.1 Å². The maximum Gasteiger partial charge on any atom is 0.274 e.